The number of aliphatic hydroxyl groups is 1. The zero-order chi connectivity index (χ0) is 15.6. The van der Waals surface area contributed by atoms with Gasteiger partial charge in [-0.2, -0.15) is 13.2 Å². The molecule has 2 atom stereocenters. The molecular weight excluding hydrogens is 267 g/mol. The number of hydrogen-bond acceptors (Lipinski definition) is 2. The molecule has 0 radical (unpaired) electrons. The molecule has 0 bridgehead atoms. The van der Waals surface area contributed by atoms with E-state index in [2.05, 4.69) is 0 Å². The van der Waals surface area contributed by atoms with Crippen molar-refractivity contribution >= 4 is 0 Å². The fourth-order valence-electron chi connectivity index (χ4n) is 2.48. The molecule has 2 nitrogen and oxygen atoms in total. The van der Waals surface area contributed by atoms with Gasteiger partial charge in [-0.15, -0.1) is 0 Å². The number of nitrogens with zero attached hydrogens (tertiary/aromatic N) is 1. The summed E-state index contributed by atoms with van der Waals surface area (Å²) in [4.78, 5) is 1.95. The van der Waals surface area contributed by atoms with Gasteiger partial charge in [0.05, 0.1) is 11.2 Å². The molecule has 0 aliphatic carbocycles. The fourth-order valence-corrected chi connectivity index (χ4v) is 2.48. The number of hydrogen-bond donors (Lipinski definition) is 1. The second kappa shape index (κ2) is 6.14. The topological polar surface area (TPSA) is 23.5 Å². The van der Waals surface area contributed by atoms with Crippen LogP contribution in [0, 0.1) is 5.92 Å². The van der Waals surface area contributed by atoms with Gasteiger partial charge in [-0.1, -0.05) is 26.0 Å². The van der Waals surface area contributed by atoms with Crippen LogP contribution in [0.25, 0.3) is 0 Å². The van der Waals surface area contributed by atoms with Crippen LogP contribution < -0.4 is 0 Å². The molecule has 0 aromatic heterocycles. The van der Waals surface area contributed by atoms with Gasteiger partial charge in [0.15, 0.2) is 0 Å². The maximum atomic E-state index is 12.6. The van der Waals surface area contributed by atoms with Gasteiger partial charge in [0.2, 0.25) is 0 Å². The van der Waals surface area contributed by atoms with Crippen molar-refractivity contribution in [2.24, 2.45) is 5.92 Å². The first-order chi connectivity index (χ1) is 9.11. The average Bonchev–Trinajstić information content (AvgIpc) is 2.36. The largest absolute Gasteiger partial charge is 0.416 e. The van der Waals surface area contributed by atoms with Crippen molar-refractivity contribution in [3.05, 3.63) is 35.4 Å². The van der Waals surface area contributed by atoms with Crippen LogP contribution in [0.15, 0.2) is 24.3 Å². The molecule has 0 aliphatic heterocycles. The van der Waals surface area contributed by atoms with E-state index in [1.807, 2.05) is 32.8 Å². The molecule has 0 spiro atoms. The van der Waals surface area contributed by atoms with Crippen molar-refractivity contribution < 1.29 is 18.3 Å². The van der Waals surface area contributed by atoms with Crippen molar-refractivity contribution in [1.29, 1.82) is 0 Å². The Morgan fingerprint density at radius 1 is 1.10 bits per heavy atom. The second-order valence-electron chi connectivity index (χ2n) is 5.52. The standard InChI is InChI=1S/C15H22F3NO/c1-5-14(20,11(2)10-19(3)4)12-6-8-13(9-7-12)15(16,17)18/h6-9,11,20H,5,10H2,1-4H3. The Bertz CT molecular complexity index is 428. The van der Waals surface area contributed by atoms with Crippen LogP contribution in [0.1, 0.15) is 31.4 Å². The molecule has 0 amide bonds. The lowest BCUT2D eigenvalue weighted by molar-refractivity contribution is -0.137. The molecule has 114 valence electrons. The first kappa shape index (κ1) is 17.0. The summed E-state index contributed by atoms with van der Waals surface area (Å²) in [5, 5.41) is 10.8. The van der Waals surface area contributed by atoms with Crippen LogP contribution in [-0.4, -0.2) is 30.6 Å². The molecule has 1 rings (SSSR count). The summed E-state index contributed by atoms with van der Waals surface area (Å²) in [6, 6.07) is 4.80. The van der Waals surface area contributed by atoms with E-state index in [9.17, 15) is 18.3 Å². The maximum absolute atomic E-state index is 12.6. The third kappa shape index (κ3) is 3.73. The minimum Gasteiger partial charge on any atom is -0.385 e. The highest BCUT2D eigenvalue weighted by molar-refractivity contribution is 5.29. The van der Waals surface area contributed by atoms with Gasteiger partial charge in [-0.05, 0) is 38.2 Å². The SMILES string of the molecule is CCC(O)(c1ccc(C(F)(F)F)cc1)C(C)CN(C)C. The Hall–Kier alpha value is -1.07. The number of rotatable bonds is 5. The highest BCUT2D eigenvalue weighted by Gasteiger charge is 2.35. The van der Waals surface area contributed by atoms with Crippen molar-refractivity contribution in [3.8, 4) is 0 Å². The lowest BCUT2D eigenvalue weighted by atomic mass is 9.79. The summed E-state index contributed by atoms with van der Waals surface area (Å²) < 4.78 is 37.7. The van der Waals surface area contributed by atoms with Crippen LogP contribution in [0.3, 0.4) is 0 Å². The third-order valence-electron chi connectivity index (χ3n) is 3.71. The Morgan fingerprint density at radius 3 is 1.90 bits per heavy atom. The summed E-state index contributed by atoms with van der Waals surface area (Å²) in [5.41, 5.74) is -1.28. The van der Waals surface area contributed by atoms with Gasteiger partial charge in [-0.25, -0.2) is 0 Å². The van der Waals surface area contributed by atoms with Gasteiger partial charge in [-0.3, -0.25) is 0 Å². The summed E-state index contributed by atoms with van der Waals surface area (Å²) in [6.45, 7) is 4.40. The Balaban J connectivity index is 3.06. The molecule has 2 unspecified atom stereocenters. The molecule has 1 aromatic rings. The molecule has 1 N–H and O–H groups in total. The van der Waals surface area contributed by atoms with E-state index in [1.54, 1.807) is 0 Å². The maximum Gasteiger partial charge on any atom is 0.416 e. The Kier molecular flexibility index (Phi) is 5.21. The predicted molar refractivity (Wildman–Crippen MR) is 73.3 cm³/mol. The fraction of sp³-hybridized carbons (Fsp3) is 0.600. The summed E-state index contributed by atoms with van der Waals surface area (Å²) >= 11 is 0. The number of benzene rings is 1. The lowest BCUT2D eigenvalue weighted by Gasteiger charge is -2.35. The minimum absolute atomic E-state index is 0.0840. The van der Waals surface area contributed by atoms with Crippen molar-refractivity contribution in [3.63, 3.8) is 0 Å². The molecule has 20 heavy (non-hydrogen) atoms. The van der Waals surface area contributed by atoms with Crippen molar-refractivity contribution in [1.82, 2.24) is 4.90 Å². The quantitative estimate of drug-likeness (QED) is 0.896. The lowest BCUT2D eigenvalue weighted by Crippen LogP contribution is -2.38. The second-order valence-corrected chi connectivity index (χ2v) is 5.52. The molecule has 0 saturated heterocycles. The predicted octanol–water partition coefficient (Wildman–Crippen LogP) is 3.50. The highest BCUT2D eigenvalue weighted by atomic mass is 19.4. The minimum atomic E-state index is -4.35. The van der Waals surface area contributed by atoms with Crippen LogP contribution in [0.4, 0.5) is 13.2 Å². The zero-order valence-electron chi connectivity index (χ0n) is 12.3. The molecule has 5 heteroatoms. The van der Waals surface area contributed by atoms with E-state index >= 15 is 0 Å². The monoisotopic (exact) mass is 289 g/mol. The van der Waals surface area contributed by atoms with Crippen LogP contribution >= 0.6 is 0 Å². The van der Waals surface area contributed by atoms with Crippen molar-refractivity contribution in [2.45, 2.75) is 32.0 Å². The van der Waals surface area contributed by atoms with E-state index in [0.29, 0.717) is 18.5 Å². The van der Waals surface area contributed by atoms with Crippen LogP contribution in [-0.2, 0) is 11.8 Å². The highest BCUT2D eigenvalue weighted by Crippen LogP contribution is 2.36. The Morgan fingerprint density at radius 2 is 1.55 bits per heavy atom. The molecule has 1 aromatic carbocycles. The summed E-state index contributed by atoms with van der Waals surface area (Å²) in [5.74, 6) is -0.0840. The normalized spacial score (nSPS) is 17.1. The van der Waals surface area contributed by atoms with Gasteiger partial charge >= 0.3 is 6.18 Å². The zero-order valence-corrected chi connectivity index (χ0v) is 12.3. The molecule has 0 heterocycles. The van der Waals surface area contributed by atoms with E-state index in [0.717, 1.165) is 12.1 Å². The van der Waals surface area contributed by atoms with Gasteiger partial charge in [0, 0.05) is 12.5 Å². The molecule has 0 aliphatic rings. The first-order valence-corrected chi connectivity index (χ1v) is 6.66. The van der Waals surface area contributed by atoms with Crippen LogP contribution in [0.2, 0.25) is 0 Å². The summed E-state index contributed by atoms with van der Waals surface area (Å²) in [7, 11) is 3.80. The first-order valence-electron chi connectivity index (χ1n) is 6.66. The number of alkyl halides is 3. The van der Waals surface area contributed by atoms with Gasteiger partial charge < -0.3 is 10.0 Å². The van der Waals surface area contributed by atoms with E-state index < -0.39 is 17.3 Å². The average molecular weight is 289 g/mol. The van der Waals surface area contributed by atoms with E-state index in [1.165, 1.54) is 12.1 Å². The smallest absolute Gasteiger partial charge is 0.385 e. The Labute approximate surface area is 118 Å². The third-order valence-corrected chi connectivity index (χ3v) is 3.71. The molecule has 0 saturated carbocycles. The van der Waals surface area contributed by atoms with E-state index in [-0.39, 0.29) is 5.92 Å². The van der Waals surface area contributed by atoms with E-state index in [4.69, 9.17) is 0 Å². The summed E-state index contributed by atoms with van der Waals surface area (Å²) in [6.07, 6.45) is -3.90. The van der Waals surface area contributed by atoms with Crippen LogP contribution in [0.5, 0.6) is 0 Å². The molecular formula is C15H22F3NO. The number of halogens is 3. The van der Waals surface area contributed by atoms with Gasteiger partial charge in [0.25, 0.3) is 0 Å². The molecule has 0 fully saturated rings. The van der Waals surface area contributed by atoms with Crippen molar-refractivity contribution in [2.75, 3.05) is 20.6 Å². The van der Waals surface area contributed by atoms with Gasteiger partial charge in [0.1, 0.15) is 0 Å².